The van der Waals surface area contributed by atoms with Gasteiger partial charge in [-0.15, -0.1) is 0 Å². The lowest BCUT2D eigenvalue weighted by atomic mass is 9.55. The summed E-state index contributed by atoms with van der Waals surface area (Å²) < 4.78 is 0. The SMILES string of the molecule is C[C@@H]1C(CNc2ccc3ccccc3c2)[C@@H](c2ccccc2)[C@@H]1C(=O)O. The summed E-state index contributed by atoms with van der Waals surface area (Å²) in [7, 11) is 0. The lowest BCUT2D eigenvalue weighted by molar-refractivity contribution is -0.152. The molecule has 132 valence electrons. The van der Waals surface area contributed by atoms with Gasteiger partial charge in [-0.05, 0) is 40.3 Å². The van der Waals surface area contributed by atoms with E-state index in [1.54, 1.807) is 0 Å². The van der Waals surface area contributed by atoms with E-state index in [2.05, 4.69) is 54.7 Å². The van der Waals surface area contributed by atoms with Gasteiger partial charge < -0.3 is 10.4 Å². The average molecular weight is 345 g/mol. The fourth-order valence-corrected chi connectivity index (χ4v) is 4.40. The Balaban J connectivity index is 1.53. The molecule has 0 heterocycles. The molecule has 2 N–H and O–H groups in total. The second kappa shape index (κ2) is 6.83. The van der Waals surface area contributed by atoms with E-state index in [-0.39, 0.29) is 17.8 Å². The Kier molecular flexibility index (Phi) is 4.37. The third-order valence-corrected chi connectivity index (χ3v) is 5.85. The molecule has 3 aromatic rings. The molecule has 4 atom stereocenters. The fraction of sp³-hybridized carbons (Fsp3) is 0.261. The first-order valence-corrected chi connectivity index (χ1v) is 9.15. The standard InChI is InChI=1S/C23H23NO2/c1-15-20(22(21(15)23(25)26)17-8-3-2-4-9-17)14-24-19-12-11-16-7-5-6-10-18(16)13-19/h2-13,15,20-22,24H,14H2,1H3,(H,25,26)/t15-,20?,21-,22-/m1/s1. The molecule has 1 saturated carbocycles. The summed E-state index contributed by atoms with van der Waals surface area (Å²) in [5, 5.41) is 15.6. The van der Waals surface area contributed by atoms with Gasteiger partial charge in [0.2, 0.25) is 0 Å². The molecule has 1 aliphatic rings. The quantitative estimate of drug-likeness (QED) is 0.684. The number of anilines is 1. The number of benzene rings is 3. The van der Waals surface area contributed by atoms with Crippen LogP contribution in [0.5, 0.6) is 0 Å². The number of hydrogen-bond donors (Lipinski definition) is 2. The first kappa shape index (κ1) is 16.6. The summed E-state index contributed by atoms with van der Waals surface area (Å²) in [6, 6.07) is 24.7. The van der Waals surface area contributed by atoms with Crippen molar-refractivity contribution in [3.63, 3.8) is 0 Å². The average Bonchev–Trinajstić information content (AvgIpc) is 2.66. The van der Waals surface area contributed by atoms with Crippen LogP contribution in [-0.4, -0.2) is 17.6 Å². The number of carbonyl (C=O) groups is 1. The number of nitrogens with one attached hydrogen (secondary N) is 1. The Morgan fingerprint density at radius 1 is 0.962 bits per heavy atom. The van der Waals surface area contributed by atoms with E-state index in [1.165, 1.54) is 10.8 Å². The lowest BCUT2D eigenvalue weighted by Gasteiger charge is -2.49. The van der Waals surface area contributed by atoms with Gasteiger partial charge in [0.1, 0.15) is 0 Å². The predicted molar refractivity (Wildman–Crippen MR) is 105 cm³/mol. The summed E-state index contributed by atoms with van der Waals surface area (Å²) >= 11 is 0. The van der Waals surface area contributed by atoms with Crippen molar-refractivity contribution in [3.8, 4) is 0 Å². The number of aliphatic carboxylic acids is 1. The maximum atomic E-state index is 11.7. The molecular formula is C23H23NO2. The minimum atomic E-state index is -0.687. The highest BCUT2D eigenvalue weighted by atomic mass is 16.4. The first-order valence-electron chi connectivity index (χ1n) is 9.15. The molecule has 1 fully saturated rings. The van der Waals surface area contributed by atoms with Gasteiger partial charge in [0.15, 0.2) is 0 Å². The van der Waals surface area contributed by atoms with Crippen LogP contribution in [0.15, 0.2) is 72.8 Å². The largest absolute Gasteiger partial charge is 0.481 e. The van der Waals surface area contributed by atoms with Crippen LogP contribution >= 0.6 is 0 Å². The number of rotatable bonds is 5. The molecule has 3 heteroatoms. The highest BCUT2D eigenvalue weighted by molar-refractivity contribution is 5.85. The molecule has 3 nitrogen and oxygen atoms in total. The van der Waals surface area contributed by atoms with E-state index in [0.717, 1.165) is 17.8 Å². The summed E-state index contributed by atoms with van der Waals surface area (Å²) in [5.41, 5.74) is 2.21. The van der Waals surface area contributed by atoms with Gasteiger partial charge in [0, 0.05) is 18.2 Å². The van der Waals surface area contributed by atoms with Crippen LogP contribution in [0, 0.1) is 17.8 Å². The van der Waals surface area contributed by atoms with Gasteiger partial charge in [0.25, 0.3) is 0 Å². The van der Waals surface area contributed by atoms with Gasteiger partial charge in [-0.25, -0.2) is 0 Å². The third-order valence-electron chi connectivity index (χ3n) is 5.85. The summed E-state index contributed by atoms with van der Waals surface area (Å²) in [6.07, 6.45) is 0. The second-order valence-corrected chi connectivity index (χ2v) is 7.27. The summed E-state index contributed by atoms with van der Waals surface area (Å²) in [4.78, 5) is 11.7. The highest BCUT2D eigenvalue weighted by Gasteiger charge is 2.51. The minimum absolute atomic E-state index is 0.0663. The van der Waals surface area contributed by atoms with Crippen LogP contribution in [0.2, 0.25) is 0 Å². The Labute approximate surface area is 153 Å². The van der Waals surface area contributed by atoms with Gasteiger partial charge in [-0.3, -0.25) is 4.79 Å². The zero-order chi connectivity index (χ0) is 18.1. The first-order chi connectivity index (χ1) is 12.6. The van der Waals surface area contributed by atoms with Crippen LogP contribution in [-0.2, 0) is 4.79 Å². The van der Waals surface area contributed by atoms with Crippen molar-refractivity contribution in [3.05, 3.63) is 78.4 Å². The van der Waals surface area contributed by atoms with Crippen LogP contribution in [0.4, 0.5) is 5.69 Å². The Hall–Kier alpha value is -2.81. The van der Waals surface area contributed by atoms with Crippen molar-refractivity contribution in [2.75, 3.05) is 11.9 Å². The van der Waals surface area contributed by atoms with Gasteiger partial charge in [-0.1, -0.05) is 67.6 Å². The zero-order valence-corrected chi connectivity index (χ0v) is 14.8. The number of carboxylic acid groups (broad SMARTS) is 1. The third kappa shape index (κ3) is 2.94. The maximum absolute atomic E-state index is 11.7. The zero-order valence-electron chi connectivity index (χ0n) is 14.8. The smallest absolute Gasteiger partial charge is 0.307 e. The summed E-state index contributed by atoms with van der Waals surface area (Å²) in [5.74, 6) is -0.457. The van der Waals surface area contributed by atoms with Gasteiger partial charge >= 0.3 is 5.97 Å². The van der Waals surface area contributed by atoms with Crippen molar-refractivity contribution in [2.45, 2.75) is 12.8 Å². The molecule has 0 saturated heterocycles. The molecule has 0 aliphatic heterocycles. The molecule has 0 spiro atoms. The minimum Gasteiger partial charge on any atom is -0.481 e. The van der Waals surface area contributed by atoms with Gasteiger partial charge in [-0.2, -0.15) is 0 Å². The Morgan fingerprint density at radius 3 is 2.38 bits per heavy atom. The number of fused-ring (bicyclic) bond motifs is 1. The van der Waals surface area contributed by atoms with E-state index in [4.69, 9.17) is 0 Å². The molecule has 26 heavy (non-hydrogen) atoms. The van der Waals surface area contributed by atoms with Gasteiger partial charge in [0.05, 0.1) is 5.92 Å². The van der Waals surface area contributed by atoms with Crippen LogP contribution in [0.25, 0.3) is 10.8 Å². The topological polar surface area (TPSA) is 49.3 Å². The molecular weight excluding hydrogens is 322 g/mol. The van der Waals surface area contributed by atoms with E-state index in [9.17, 15) is 9.90 Å². The molecule has 1 aliphatic carbocycles. The van der Waals surface area contributed by atoms with E-state index >= 15 is 0 Å². The van der Waals surface area contributed by atoms with Crippen molar-refractivity contribution in [2.24, 2.45) is 17.8 Å². The van der Waals surface area contributed by atoms with E-state index < -0.39 is 5.97 Å². The summed E-state index contributed by atoms with van der Waals surface area (Å²) in [6.45, 7) is 2.84. The van der Waals surface area contributed by atoms with Crippen molar-refractivity contribution >= 4 is 22.4 Å². The van der Waals surface area contributed by atoms with Crippen LogP contribution < -0.4 is 5.32 Å². The molecule has 0 bridgehead atoms. The maximum Gasteiger partial charge on any atom is 0.307 e. The van der Waals surface area contributed by atoms with E-state index in [0.29, 0.717) is 5.92 Å². The normalized spacial score (nSPS) is 24.8. The lowest BCUT2D eigenvalue weighted by Crippen LogP contribution is -2.50. The van der Waals surface area contributed by atoms with Crippen molar-refractivity contribution in [1.82, 2.24) is 0 Å². The molecule has 1 unspecified atom stereocenters. The molecule has 0 aromatic heterocycles. The van der Waals surface area contributed by atoms with Crippen molar-refractivity contribution in [1.29, 1.82) is 0 Å². The number of carboxylic acids is 1. The second-order valence-electron chi connectivity index (χ2n) is 7.27. The highest BCUT2D eigenvalue weighted by Crippen LogP contribution is 2.52. The molecule has 4 rings (SSSR count). The van der Waals surface area contributed by atoms with Crippen LogP contribution in [0.1, 0.15) is 18.4 Å². The van der Waals surface area contributed by atoms with Crippen LogP contribution in [0.3, 0.4) is 0 Å². The molecule has 0 radical (unpaired) electrons. The predicted octanol–water partition coefficient (Wildman–Crippen LogP) is 5.00. The van der Waals surface area contributed by atoms with E-state index in [1.807, 2.05) is 30.3 Å². The Morgan fingerprint density at radius 2 is 1.65 bits per heavy atom. The Bertz CT molecular complexity index is 922. The fourth-order valence-electron chi connectivity index (χ4n) is 4.40. The molecule has 3 aromatic carbocycles. The monoisotopic (exact) mass is 345 g/mol. The number of hydrogen-bond acceptors (Lipinski definition) is 2. The molecule has 0 amide bonds. The van der Waals surface area contributed by atoms with Crippen molar-refractivity contribution < 1.29 is 9.90 Å².